The number of para-hydroxylation sites is 2. The van der Waals surface area contributed by atoms with Gasteiger partial charge >= 0.3 is 11.7 Å². The molecule has 4 aromatic rings. The molecule has 196 valence electrons. The highest BCUT2D eigenvalue weighted by atomic mass is 15.2. The van der Waals surface area contributed by atoms with Crippen LogP contribution in [0.4, 0.5) is 11.4 Å². The predicted octanol–water partition coefficient (Wildman–Crippen LogP) is 7.14. The third-order valence-corrected chi connectivity index (χ3v) is 8.70. The van der Waals surface area contributed by atoms with E-state index in [9.17, 15) is 0 Å². The average Bonchev–Trinajstić information content (AvgIpc) is 3.65. The summed E-state index contributed by atoms with van der Waals surface area (Å²) in [6, 6.07) is 39.2. The Labute approximate surface area is 236 Å². The quantitative estimate of drug-likeness (QED) is 0.251. The molecular weight excluding hydrogens is 488 g/mol. The third kappa shape index (κ3) is 3.90. The summed E-state index contributed by atoms with van der Waals surface area (Å²) in [5.41, 5.74) is 8.74. The second-order valence-corrected chi connectivity index (χ2v) is 12.0. The van der Waals surface area contributed by atoms with Gasteiger partial charge in [-0.3, -0.25) is 0 Å². The number of hydrogen-bond acceptors (Lipinski definition) is 2. The maximum absolute atomic E-state index is 5.42. The fraction of sp³-hybridized carbons (Fsp3) is 0.222. The van der Waals surface area contributed by atoms with Crippen molar-refractivity contribution in [2.24, 2.45) is 15.4 Å². The van der Waals surface area contributed by atoms with Crippen molar-refractivity contribution >= 4 is 34.5 Å². The van der Waals surface area contributed by atoms with E-state index in [0.29, 0.717) is 0 Å². The highest BCUT2D eigenvalue weighted by Crippen LogP contribution is 2.36. The van der Waals surface area contributed by atoms with Crippen LogP contribution < -0.4 is 0 Å². The summed E-state index contributed by atoms with van der Waals surface area (Å²) in [5.74, 6) is 2.04. The van der Waals surface area contributed by atoms with Gasteiger partial charge in [0.05, 0.1) is 0 Å². The summed E-state index contributed by atoms with van der Waals surface area (Å²) in [4.78, 5) is 10.8. The molecule has 0 N–H and O–H groups in total. The SMILES string of the molecule is CC1(C)C2=[N+](c3ccccc3)CC(=N2)c2cccc(c2)C(C)(C)c2cccc(c2)C2=NC1=[N+](c1ccccc1)C2. The minimum atomic E-state index is -0.464. The van der Waals surface area contributed by atoms with E-state index < -0.39 is 5.41 Å². The summed E-state index contributed by atoms with van der Waals surface area (Å²) in [7, 11) is 0. The third-order valence-electron chi connectivity index (χ3n) is 8.70. The van der Waals surface area contributed by atoms with Gasteiger partial charge in [0.25, 0.3) is 0 Å². The van der Waals surface area contributed by atoms with E-state index in [0.717, 1.165) is 47.6 Å². The topological polar surface area (TPSA) is 30.7 Å². The summed E-state index contributed by atoms with van der Waals surface area (Å²) >= 11 is 0. The van der Waals surface area contributed by atoms with Crippen LogP contribution in [0.5, 0.6) is 0 Å². The number of rotatable bonds is 2. The van der Waals surface area contributed by atoms with Crippen LogP contribution in [0.2, 0.25) is 0 Å². The van der Waals surface area contributed by atoms with Crippen molar-refractivity contribution in [2.75, 3.05) is 13.1 Å². The van der Waals surface area contributed by atoms with Gasteiger partial charge in [-0.05, 0) is 71.4 Å². The molecule has 0 saturated heterocycles. The lowest BCUT2D eigenvalue weighted by Crippen LogP contribution is -2.37. The maximum atomic E-state index is 5.42. The van der Waals surface area contributed by atoms with E-state index in [4.69, 9.17) is 9.98 Å². The van der Waals surface area contributed by atoms with Crippen molar-refractivity contribution in [1.82, 2.24) is 0 Å². The molecule has 3 aliphatic heterocycles. The first kappa shape index (κ1) is 24.6. The van der Waals surface area contributed by atoms with Crippen LogP contribution in [0.1, 0.15) is 49.9 Å². The fourth-order valence-electron chi connectivity index (χ4n) is 6.25. The predicted molar refractivity (Wildman–Crippen MR) is 164 cm³/mol. The second-order valence-electron chi connectivity index (χ2n) is 12.0. The molecule has 8 bridgehead atoms. The van der Waals surface area contributed by atoms with Crippen LogP contribution >= 0.6 is 0 Å². The van der Waals surface area contributed by atoms with Crippen molar-refractivity contribution in [2.45, 2.75) is 33.1 Å². The summed E-state index contributed by atoms with van der Waals surface area (Å²) in [6.45, 7) is 10.6. The van der Waals surface area contributed by atoms with E-state index in [2.05, 4.69) is 146 Å². The lowest BCUT2D eigenvalue weighted by molar-refractivity contribution is -0.431. The van der Waals surface area contributed by atoms with Crippen LogP contribution in [-0.2, 0) is 5.41 Å². The van der Waals surface area contributed by atoms with Crippen LogP contribution in [0, 0.1) is 5.41 Å². The van der Waals surface area contributed by atoms with Gasteiger partial charge in [0.1, 0.15) is 11.4 Å². The zero-order chi connectivity index (χ0) is 27.5. The van der Waals surface area contributed by atoms with Gasteiger partial charge in [-0.1, -0.05) is 86.6 Å². The molecule has 0 aliphatic carbocycles. The van der Waals surface area contributed by atoms with Gasteiger partial charge in [0.2, 0.25) is 11.4 Å². The first-order valence-electron chi connectivity index (χ1n) is 14.1. The fourth-order valence-corrected chi connectivity index (χ4v) is 6.25. The van der Waals surface area contributed by atoms with E-state index in [1.165, 1.54) is 22.3 Å². The number of aliphatic imine (C=N–C) groups is 2. The number of hydrogen-bond donors (Lipinski definition) is 0. The van der Waals surface area contributed by atoms with Crippen molar-refractivity contribution in [3.05, 3.63) is 131 Å². The lowest BCUT2D eigenvalue weighted by Gasteiger charge is -2.27. The molecule has 7 rings (SSSR count). The van der Waals surface area contributed by atoms with Crippen molar-refractivity contribution in [1.29, 1.82) is 0 Å². The molecule has 4 aromatic carbocycles. The molecule has 0 amide bonds. The minimum absolute atomic E-state index is 0.176. The Balaban J connectivity index is 1.53. The normalized spacial score (nSPS) is 18.8. The molecule has 0 radical (unpaired) electrons. The van der Waals surface area contributed by atoms with Crippen molar-refractivity contribution in [3.8, 4) is 0 Å². The first-order chi connectivity index (χ1) is 19.3. The standard InChI is InChI=1S/C36H34N4/c1-35(2)27-15-11-13-25(21-27)31-23-39(29-17-7-5-8-18-29)33(37-31)36(3,4)34-38-32(26-14-12-16-28(35)22-26)24-40(34)30-19-9-6-10-20-30/h5-22H,23-24H2,1-4H3/q+2. The van der Waals surface area contributed by atoms with Gasteiger partial charge in [-0.2, -0.15) is 0 Å². The Morgan fingerprint density at radius 1 is 0.500 bits per heavy atom. The zero-order valence-corrected chi connectivity index (χ0v) is 23.6. The number of fused-ring (bicyclic) bond motifs is 8. The largest absolute Gasteiger partial charge is 0.317 e. The van der Waals surface area contributed by atoms with Crippen molar-refractivity contribution in [3.63, 3.8) is 0 Å². The maximum Gasteiger partial charge on any atom is 0.317 e. The number of nitrogens with zero attached hydrogens (tertiary/aromatic N) is 4. The van der Waals surface area contributed by atoms with E-state index in [-0.39, 0.29) is 5.41 Å². The van der Waals surface area contributed by atoms with Crippen LogP contribution in [0.3, 0.4) is 0 Å². The lowest BCUT2D eigenvalue weighted by atomic mass is 9.77. The first-order valence-corrected chi connectivity index (χ1v) is 14.1. The number of benzene rings is 4. The van der Waals surface area contributed by atoms with Gasteiger partial charge in [-0.25, -0.2) is 9.15 Å². The molecule has 0 atom stereocenters. The minimum Gasteiger partial charge on any atom is -0.219 e. The van der Waals surface area contributed by atoms with E-state index in [1.807, 2.05) is 0 Å². The zero-order valence-electron chi connectivity index (χ0n) is 23.6. The van der Waals surface area contributed by atoms with E-state index >= 15 is 0 Å². The molecular formula is C36H34N4+2. The molecule has 3 heterocycles. The smallest absolute Gasteiger partial charge is 0.219 e. The van der Waals surface area contributed by atoms with Gasteiger partial charge in [-0.15, -0.1) is 0 Å². The summed E-state index contributed by atoms with van der Waals surface area (Å²) in [5, 5.41) is 0. The molecule has 40 heavy (non-hydrogen) atoms. The highest BCUT2D eigenvalue weighted by Gasteiger charge is 2.52. The van der Waals surface area contributed by atoms with Crippen LogP contribution in [0.25, 0.3) is 0 Å². The molecule has 0 saturated carbocycles. The molecule has 0 aromatic heterocycles. The monoisotopic (exact) mass is 522 g/mol. The Kier molecular flexibility index (Phi) is 5.57. The molecule has 4 heteroatoms. The van der Waals surface area contributed by atoms with Crippen molar-refractivity contribution < 1.29 is 9.15 Å². The highest BCUT2D eigenvalue weighted by molar-refractivity contribution is 6.20. The van der Waals surface area contributed by atoms with Gasteiger partial charge in [0, 0.05) is 16.5 Å². The van der Waals surface area contributed by atoms with Gasteiger partial charge in [0.15, 0.2) is 18.5 Å². The second kappa shape index (κ2) is 9.06. The molecule has 0 spiro atoms. The average molecular weight is 523 g/mol. The summed E-state index contributed by atoms with van der Waals surface area (Å²) < 4.78 is 4.74. The molecule has 0 unspecified atom stereocenters. The molecule has 3 aliphatic rings. The Morgan fingerprint density at radius 2 is 0.925 bits per heavy atom. The van der Waals surface area contributed by atoms with Gasteiger partial charge < -0.3 is 0 Å². The molecule has 0 fully saturated rings. The van der Waals surface area contributed by atoms with Crippen LogP contribution in [0.15, 0.2) is 119 Å². The number of amidine groups is 2. The summed E-state index contributed by atoms with van der Waals surface area (Å²) in [6.07, 6.45) is 0. The Hall–Kier alpha value is -4.44. The molecule has 4 nitrogen and oxygen atoms in total. The van der Waals surface area contributed by atoms with E-state index in [1.54, 1.807) is 0 Å². The van der Waals surface area contributed by atoms with Crippen LogP contribution in [-0.4, -0.2) is 45.3 Å². The Morgan fingerprint density at radius 3 is 1.35 bits per heavy atom. The Bertz CT molecular complexity index is 1640.